The third kappa shape index (κ3) is 9.48. The zero-order valence-electron chi connectivity index (χ0n) is 42.0. The lowest BCUT2D eigenvalue weighted by atomic mass is 9.94. The standard InChI is InChI=1S/C55H58F5N9O5/c1-31-23-43-42(26-62-69(43)44-10-6-7-22-72-44)45(47(31)55(58,59)60)49-48(57)50-46-52(65-54(64-50)74-30-38-9-8-21-67(38)37-15-16-37)68(32(2)29-73-53(46)63-49)33(3)41-24-36(56)25-61-51(41)66(27-34-11-17-39(70-4)18-12-34)28-35-13-19-40(71-5)20-14-35/h11-14,17-20,23-26,32-33,37-38,44H,6-10,15-16,21-22,27-30H2,1-5H3/t32-,33+,38-,44?/m0/s1. The maximum atomic E-state index is 18.2. The van der Waals surface area contributed by atoms with Crippen LogP contribution in [0.4, 0.5) is 33.6 Å². The highest BCUT2D eigenvalue weighted by molar-refractivity contribution is 6.02. The van der Waals surface area contributed by atoms with Crippen LogP contribution < -0.4 is 28.7 Å². The van der Waals surface area contributed by atoms with Crippen molar-refractivity contribution in [3.63, 3.8) is 0 Å². The summed E-state index contributed by atoms with van der Waals surface area (Å²) in [6.45, 7) is 7.38. The normalized spacial score (nSPS) is 19.6. The molecular weight excluding hydrogens is 962 g/mol. The first kappa shape index (κ1) is 49.4. The number of fused-ring (bicyclic) bond motifs is 1. The summed E-state index contributed by atoms with van der Waals surface area (Å²) in [6, 6.07) is 17.2. The van der Waals surface area contributed by atoms with Crippen molar-refractivity contribution in [3.8, 4) is 34.6 Å². The number of hydrogen-bond donors (Lipinski definition) is 0. The van der Waals surface area contributed by atoms with Gasteiger partial charge >= 0.3 is 12.2 Å². The van der Waals surface area contributed by atoms with Gasteiger partial charge in [0.05, 0.1) is 49.8 Å². The molecular formula is C55H58F5N9O5. The molecule has 1 aliphatic carbocycles. The Morgan fingerprint density at radius 2 is 1.58 bits per heavy atom. The number of methoxy groups -OCH3 is 2. The summed E-state index contributed by atoms with van der Waals surface area (Å²) in [7, 11) is 3.21. The Morgan fingerprint density at radius 1 is 0.865 bits per heavy atom. The monoisotopic (exact) mass is 1020 g/mol. The highest BCUT2D eigenvalue weighted by Crippen LogP contribution is 2.49. The number of halogens is 5. The summed E-state index contributed by atoms with van der Waals surface area (Å²) in [5.74, 6) is 0.126. The van der Waals surface area contributed by atoms with Crippen molar-refractivity contribution in [2.75, 3.05) is 50.4 Å². The molecule has 3 fully saturated rings. The lowest BCUT2D eigenvalue weighted by Gasteiger charge is -2.37. The van der Waals surface area contributed by atoms with Crippen LogP contribution in [0, 0.1) is 18.6 Å². The topological polar surface area (TPSA) is 125 Å². The fourth-order valence-electron chi connectivity index (χ4n) is 11.1. The van der Waals surface area contributed by atoms with Crippen LogP contribution in [0.2, 0.25) is 0 Å². The van der Waals surface area contributed by atoms with E-state index in [1.165, 1.54) is 31.5 Å². The van der Waals surface area contributed by atoms with Crippen LogP contribution in [0.1, 0.15) is 98.9 Å². The predicted octanol–water partition coefficient (Wildman–Crippen LogP) is 11.3. The van der Waals surface area contributed by atoms with Gasteiger partial charge in [-0.05, 0) is 125 Å². The molecule has 4 aromatic heterocycles. The van der Waals surface area contributed by atoms with Gasteiger partial charge in [0.15, 0.2) is 12.0 Å². The Hall–Kier alpha value is -6.86. The first-order valence-corrected chi connectivity index (χ1v) is 25.3. The molecule has 4 aliphatic rings. The molecule has 4 atom stereocenters. The van der Waals surface area contributed by atoms with E-state index < -0.39 is 52.9 Å². The van der Waals surface area contributed by atoms with Gasteiger partial charge in [-0.3, -0.25) is 4.90 Å². The van der Waals surface area contributed by atoms with Crippen LogP contribution in [-0.2, 0) is 24.0 Å². The Labute approximate surface area is 425 Å². The van der Waals surface area contributed by atoms with Crippen molar-refractivity contribution in [3.05, 3.63) is 113 Å². The number of aryl methyl sites for hydroxylation is 1. The summed E-state index contributed by atoms with van der Waals surface area (Å²) in [5, 5.41) is 4.61. The molecule has 1 saturated carbocycles. The van der Waals surface area contributed by atoms with E-state index in [4.69, 9.17) is 38.6 Å². The zero-order valence-corrected chi connectivity index (χ0v) is 42.0. The maximum Gasteiger partial charge on any atom is 0.417 e. The van der Waals surface area contributed by atoms with Crippen molar-refractivity contribution in [1.82, 2.24) is 34.6 Å². The summed E-state index contributed by atoms with van der Waals surface area (Å²) in [6.07, 6.45) is 3.46. The van der Waals surface area contributed by atoms with Gasteiger partial charge in [-0.2, -0.15) is 28.2 Å². The van der Waals surface area contributed by atoms with Gasteiger partial charge in [0.2, 0.25) is 5.88 Å². The van der Waals surface area contributed by atoms with Crippen LogP contribution in [0.3, 0.4) is 0 Å². The molecule has 14 nitrogen and oxygen atoms in total. The number of rotatable bonds is 15. The van der Waals surface area contributed by atoms with Gasteiger partial charge in [-0.1, -0.05) is 24.3 Å². The molecule has 2 saturated heterocycles. The summed E-state index contributed by atoms with van der Waals surface area (Å²) < 4.78 is 112. The molecule has 0 radical (unpaired) electrons. The van der Waals surface area contributed by atoms with Crippen LogP contribution in [0.25, 0.3) is 33.1 Å². The summed E-state index contributed by atoms with van der Waals surface area (Å²) in [4.78, 5) is 25.6. The number of pyridine rings is 2. The van der Waals surface area contributed by atoms with E-state index in [9.17, 15) is 0 Å². The summed E-state index contributed by atoms with van der Waals surface area (Å²) in [5.41, 5.74) is 0.0417. The van der Waals surface area contributed by atoms with Crippen molar-refractivity contribution < 1.29 is 45.6 Å². The molecule has 3 aromatic carbocycles. The van der Waals surface area contributed by atoms with Gasteiger partial charge in [-0.15, -0.1) is 0 Å². The highest BCUT2D eigenvalue weighted by atomic mass is 19.4. The first-order chi connectivity index (χ1) is 35.8. The maximum absolute atomic E-state index is 18.2. The van der Waals surface area contributed by atoms with Gasteiger partial charge in [0.1, 0.15) is 58.8 Å². The molecule has 19 heteroatoms. The van der Waals surface area contributed by atoms with Gasteiger partial charge < -0.3 is 33.5 Å². The van der Waals surface area contributed by atoms with Gasteiger partial charge in [0.25, 0.3) is 0 Å². The zero-order chi connectivity index (χ0) is 51.4. The largest absolute Gasteiger partial charge is 0.497 e. The number of ether oxygens (including phenoxy) is 5. The SMILES string of the molecule is COc1ccc(CN(Cc2ccc(OC)cc2)c2ncc(F)cc2[C@@H](C)N2c3nc(OC[C@@H]4CCCN4C4CC4)nc4c(F)c(-c5c(C(F)(F)F)c(C)cc6c5cnn6C5CCCCO5)nc(c34)OC[C@@H]2C)cc1. The van der Waals surface area contributed by atoms with E-state index in [1.54, 1.807) is 18.9 Å². The molecule has 3 aliphatic heterocycles. The molecule has 7 aromatic rings. The van der Waals surface area contributed by atoms with Crippen molar-refractivity contribution in [2.45, 2.75) is 115 Å². The highest BCUT2D eigenvalue weighted by Gasteiger charge is 2.42. The predicted molar refractivity (Wildman–Crippen MR) is 269 cm³/mol. The van der Waals surface area contributed by atoms with Crippen molar-refractivity contribution >= 4 is 33.4 Å². The Balaban J connectivity index is 1.08. The molecule has 0 amide bonds. The molecule has 0 bridgehead atoms. The molecule has 0 N–H and O–H groups in total. The molecule has 0 spiro atoms. The second-order valence-electron chi connectivity index (χ2n) is 19.9. The van der Waals surface area contributed by atoms with E-state index in [0.717, 1.165) is 56.2 Å². The second-order valence-corrected chi connectivity index (χ2v) is 19.9. The molecule has 74 heavy (non-hydrogen) atoms. The van der Waals surface area contributed by atoms with Crippen molar-refractivity contribution in [1.29, 1.82) is 0 Å². The minimum absolute atomic E-state index is 0.0262. The number of likely N-dealkylation sites (tertiary alicyclic amines) is 1. The first-order valence-electron chi connectivity index (χ1n) is 25.3. The van der Waals surface area contributed by atoms with E-state index in [1.807, 2.05) is 67.3 Å². The number of hydrogen-bond acceptors (Lipinski definition) is 13. The third-order valence-corrected chi connectivity index (χ3v) is 14.9. The Kier molecular flexibility index (Phi) is 13.4. The average molecular weight is 1020 g/mol. The number of benzene rings is 3. The average Bonchev–Trinajstić information content (AvgIpc) is 4.03. The molecule has 1 unspecified atom stereocenters. The number of aromatic nitrogens is 6. The van der Waals surface area contributed by atoms with Crippen LogP contribution in [0.15, 0.2) is 73.1 Å². The molecule has 388 valence electrons. The second kappa shape index (κ2) is 20.1. The van der Waals surface area contributed by atoms with Gasteiger partial charge in [-0.25, -0.2) is 23.4 Å². The quantitative estimate of drug-likeness (QED) is 0.0906. The van der Waals surface area contributed by atoms with E-state index >= 15 is 22.0 Å². The number of nitrogens with zero attached hydrogens (tertiary/aromatic N) is 9. The fourth-order valence-corrected chi connectivity index (χ4v) is 11.1. The lowest BCUT2D eigenvalue weighted by molar-refractivity contribution is -0.137. The number of anilines is 2. The Bertz CT molecular complexity index is 3130. The Morgan fingerprint density at radius 3 is 2.23 bits per heavy atom. The van der Waals surface area contributed by atoms with Crippen molar-refractivity contribution in [2.24, 2.45) is 0 Å². The van der Waals surface area contributed by atoms with Gasteiger partial charge in [0, 0.05) is 48.3 Å². The van der Waals surface area contributed by atoms with E-state index in [2.05, 4.69) is 19.9 Å². The van der Waals surface area contributed by atoms with E-state index in [0.29, 0.717) is 60.6 Å². The van der Waals surface area contributed by atoms with Crippen LogP contribution in [-0.4, -0.2) is 93.3 Å². The third-order valence-electron chi connectivity index (χ3n) is 14.9. The molecule has 7 heterocycles. The van der Waals surface area contributed by atoms with E-state index in [-0.39, 0.29) is 58.8 Å². The molecule has 11 rings (SSSR count). The smallest absolute Gasteiger partial charge is 0.417 e. The minimum atomic E-state index is -4.93. The van der Waals surface area contributed by atoms with Crippen LogP contribution >= 0.6 is 0 Å². The fraction of sp³-hybridized carbons (Fsp3) is 0.436. The summed E-state index contributed by atoms with van der Waals surface area (Å²) >= 11 is 0. The lowest BCUT2D eigenvalue weighted by Crippen LogP contribution is -2.40. The van der Waals surface area contributed by atoms with Crippen LogP contribution in [0.5, 0.6) is 23.4 Å². The minimum Gasteiger partial charge on any atom is -0.497 e. The number of alkyl halides is 3.